The molecule has 1 unspecified atom stereocenters. The van der Waals surface area contributed by atoms with Crippen molar-refractivity contribution in [2.24, 2.45) is 0 Å². The zero-order valence-electron chi connectivity index (χ0n) is 10.3. The highest BCUT2D eigenvalue weighted by molar-refractivity contribution is 7.16. The van der Waals surface area contributed by atoms with Gasteiger partial charge < -0.3 is 10.5 Å². The number of thiophene rings is 1. The fraction of sp³-hybridized carbons (Fsp3) is 0.214. The third-order valence-electron chi connectivity index (χ3n) is 2.72. The van der Waals surface area contributed by atoms with E-state index in [1.165, 1.54) is 23.8 Å². The molecule has 0 saturated carbocycles. The van der Waals surface area contributed by atoms with Gasteiger partial charge in [-0.1, -0.05) is 37.3 Å². The summed E-state index contributed by atoms with van der Waals surface area (Å²) in [5.74, 6) is 0.353. The van der Waals surface area contributed by atoms with Crippen molar-refractivity contribution in [3.05, 3.63) is 46.8 Å². The monoisotopic (exact) mass is 261 g/mol. The van der Waals surface area contributed by atoms with Crippen LogP contribution in [0.4, 0.5) is 5.00 Å². The molecule has 2 N–H and O–H groups in total. The zero-order valence-corrected chi connectivity index (χ0v) is 11.2. The van der Waals surface area contributed by atoms with Crippen LogP contribution in [0.1, 0.15) is 30.2 Å². The molecule has 1 aromatic heterocycles. The number of benzene rings is 1. The molecule has 0 radical (unpaired) electrons. The van der Waals surface area contributed by atoms with Crippen LogP contribution in [-0.4, -0.2) is 5.97 Å². The lowest BCUT2D eigenvalue weighted by atomic mass is 10.00. The van der Waals surface area contributed by atoms with Crippen LogP contribution >= 0.6 is 11.3 Å². The molecule has 0 spiro atoms. The number of hydrogen-bond acceptors (Lipinski definition) is 4. The van der Waals surface area contributed by atoms with Crippen molar-refractivity contribution in [3.8, 4) is 5.75 Å². The maximum Gasteiger partial charge on any atom is 0.308 e. The lowest BCUT2D eigenvalue weighted by molar-refractivity contribution is -0.131. The van der Waals surface area contributed by atoms with Gasteiger partial charge in [-0.3, -0.25) is 4.79 Å². The fourth-order valence-corrected chi connectivity index (χ4v) is 2.69. The number of carbonyl (C=O) groups excluding carboxylic acids is 1. The minimum absolute atomic E-state index is 0.239. The van der Waals surface area contributed by atoms with E-state index in [2.05, 4.69) is 19.1 Å². The molecular weight excluding hydrogens is 246 g/mol. The Labute approximate surface area is 110 Å². The molecule has 1 aromatic carbocycles. The van der Waals surface area contributed by atoms with Crippen LogP contribution in [0.25, 0.3) is 0 Å². The van der Waals surface area contributed by atoms with Crippen LogP contribution in [0.15, 0.2) is 36.4 Å². The quantitative estimate of drug-likeness (QED) is 0.861. The molecule has 2 rings (SSSR count). The van der Waals surface area contributed by atoms with Gasteiger partial charge in [-0.25, -0.2) is 0 Å². The predicted octanol–water partition coefficient (Wildman–Crippen LogP) is 3.41. The molecule has 0 fully saturated rings. The molecule has 0 aliphatic heterocycles. The van der Waals surface area contributed by atoms with Crippen molar-refractivity contribution in [2.45, 2.75) is 19.8 Å². The lowest BCUT2D eigenvalue weighted by Crippen LogP contribution is -2.01. The maximum absolute atomic E-state index is 10.9. The first kappa shape index (κ1) is 12.6. The maximum atomic E-state index is 10.9. The molecule has 94 valence electrons. The second-order valence-electron chi connectivity index (χ2n) is 4.10. The highest BCUT2D eigenvalue weighted by Crippen LogP contribution is 2.38. The van der Waals surface area contributed by atoms with Gasteiger partial charge in [0.25, 0.3) is 0 Å². The van der Waals surface area contributed by atoms with Crippen molar-refractivity contribution in [2.75, 3.05) is 5.73 Å². The molecule has 0 aliphatic carbocycles. The third-order valence-corrected chi connectivity index (χ3v) is 3.85. The highest BCUT2D eigenvalue weighted by Gasteiger charge is 2.15. The van der Waals surface area contributed by atoms with Gasteiger partial charge in [0.15, 0.2) is 5.75 Å². The summed E-state index contributed by atoms with van der Waals surface area (Å²) in [6, 6.07) is 12.0. The Morgan fingerprint density at radius 2 is 2.00 bits per heavy atom. The van der Waals surface area contributed by atoms with Crippen LogP contribution < -0.4 is 10.5 Å². The minimum Gasteiger partial charge on any atom is -0.424 e. The molecule has 1 heterocycles. The van der Waals surface area contributed by atoms with E-state index in [1.54, 1.807) is 0 Å². The number of nitrogens with two attached hydrogens (primary N) is 1. The molecule has 2 aromatic rings. The average Bonchev–Trinajstić information content (AvgIpc) is 2.70. The number of hydrogen-bond donors (Lipinski definition) is 1. The Bertz CT molecular complexity index is 548. The van der Waals surface area contributed by atoms with Gasteiger partial charge in [-0.05, 0) is 11.6 Å². The lowest BCUT2D eigenvalue weighted by Gasteiger charge is -2.08. The minimum atomic E-state index is -0.349. The van der Waals surface area contributed by atoms with Crippen LogP contribution in [0, 0.1) is 0 Å². The van der Waals surface area contributed by atoms with Gasteiger partial charge >= 0.3 is 5.97 Å². The first-order valence-corrected chi connectivity index (χ1v) is 6.52. The summed E-state index contributed by atoms with van der Waals surface area (Å²) in [7, 11) is 0. The second-order valence-corrected chi connectivity index (χ2v) is 5.22. The summed E-state index contributed by atoms with van der Waals surface area (Å²) >= 11 is 1.46. The van der Waals surface area contributed by atoms with E-state index < -0.39 is 0 Å². The van der Waals surface area contributed by atoms with Gasteiger partial charge in [0.1, 0.15) is 5.00 Å². The fourth-order valence-electron chi connectivity index (χ4n) is 1.76. The summed E-state index contributed by atoms with van der Waals surface area (Å²) in [6.45, 7) is 3.48. The van der Waals surface area contributed by atoms with E-state index >= 15 is 0 Å². The van der Waals surface area contributed by atoms with Crippen molar-refractivity contribution >= 4 is 22.3 Å². The molecular formula is C14H15NO2S. The number of carbonyl (C=O) groups is 1. The van der Waals surface area contributed by atoms with E-state index in [1.807, 2.05) is 24.3 Å². The molecule has 3 nitrogen and oxygen atoms in total. The van der Waals surface area contributed by atoms with Crippen LogP contribution in [0.2, 0.25) is 0 Å². The molecule has 0 saturated heterocycles. The normalized spacial score (nSPS) is 12.1. The molecule has 0 amide bonds. The summed E-state index contributed by atoms with van der Waals surface area (Å²) < 4.78 is 5.06. The summed E-state index contributed by atoms with van der Waals surface area (Å²) in [6.07, 6.45) is 0. The number of rotatable bonds is 3. The Morgan fingerprint density at radius 1 is 1.33 bits per heavy atom. The molecule has 0 aliphatic rings. The first-order valence-electron chi connectivity index (χ1n) is 5.70. The predicted molar refractivity (Wildman–Crippen MR) is 74.0 cm³/mol. The SMILES string of the molecule is CC(=O)Oc1cc(C(C)c2ccccc2)sc1N. The van der Waals surface area contributed by atoms with Gasteiger partial charge in [-0.2, -0.15) is 0 Å². The van der Waals surface area contributed by atoms with Crippen molar-refractivity contribution in [3.63, 3.8) is 0 Å². The van der Waals surface area contributed by atoms with Crippen molar-refractivity contribution < 1.29 is 9.53 Å². The Kier molecular flexibility index (Phi) is 3.67. The molecule has 1 atom stereocenters. The Balaban J connectivity index is 2.26. The summed E-state index contributed by atoms with van der Waals surface area (Å²) in [4.78, 5) is 12.0. The van der Waals surface area contributed by atoms with Gasteiger partial charge in [0, 0.05) is 17.7 Å². The highest BCUT2D eigenvalue weighted by atomic mass is 32.1. The Hall–Kier alpha value is -1.81. The van der Waals surface area contributed by atoms with Crippen LogP contribution in [-0.2, 0) is 4.79 Å². The number of nitrogen functional groups attached to an aromatic ring is 1. The average molecular weight is 261 g/mol. The van der Waals surface area contributed by atoms with E-state index in [9.17, 15) is 4.79 Å². The molecule has 18 heavy (non-hydrogen) atoms. The van der Waals surface area contributed by atoms with Crippen molar-refractivity contribution in [1.29, 1.82) is 0 Å². The smallest absolute Gasteiger partial charge is 0.308 e. The van der Waals surface area contributed by atoms with E-state index in [4.69, 9.17) is 10.5 Å². The molecule has 4 heteroatoms. The Morgan fingerprint density at radius 3 is 2.61 bits per heavy atom. The standard InChI is InChI=1S/C14H15NO2S/c1-9(11-6-4-3-5-7-11)13-8-12(14(15)18-13)17-10(2)16/h3-9H,15H2,1-2H3. The topological polar surface area (TPSA) is 52.3 Å². The first-order chi connectivity index (χ1) is 8.58. The van der Waals surface area contributed by atoms with E-state index in [-0.39, 0.29) is 11.9 Å². The largest absolute Gasteiger partial charge is 0.424 e. The number of anilines is 1. The van der Waals surface area contributed by atoms with E-state index in [0.717, 1.165) is 4.88 Å². The second kappa shape index (κ2) is 5.23. The van der Waals surface area contributed by atoms with Crippen LogP contribution in [0.3, 0.4) is 0 Å². The number of esters is 1. The summed E-state index contributed by atoms with van der Waals surface area (Å²) in [5, 5.41) is 0.544. The number of ether oxygens (including phenoxy) is 1. The van der Waals surface area contributed by atoms with Gasteiger partial charge in [0.2, 0.25) is 0 Å². The van der Waals surface area contributed by atoms with Crippen LogP contribution in [0.5, 0.6) is 5.75 Å². The van der Waals surface area contributed by atoms with Crippen molar-refractivity contribution in [1.82, 2.24) is 0 Å². The third kappa shape index (κ3) is 2.71. The van der Waals surface area contributed by atoms with Gasteiger partial charge in [-0.15, -0.1) is 11.3 Å². The van der Waals surface area contributed by atoms with E-state index in [0.29, 0.717) is 10.8 Å². The molecule has 0 bridgehead atoms. The zero-order chi connectivity index (χ0) is 13.1. The summed E-state index contributed by atoms with van der Waals surface area (Å²) in [5.41, 5.74) is 7.06. The van der Waals surface area contributed by atoms with Gasteiger partial charge in [0.05, 0.1) is 0 Å².